The first-order valence-corrected chi connectivity index (χ1v) is 8.31. The van der Waals surface area contributed by atoms with Gasteiger partial charge in [-0.3, -0.25) is 9.59 Å². The van der Waals surface area contributed by atoms with Crippen LogP contribution in [-0.2, 0) is 22.7 Å². The molecule has 1 heterocycles. The SMILES string of the molecule is COc1ccc(Br)cc1COC(=O)CCn1c(C)csc1=O. The van der Waals surface area contributed by atoms with Crippen molar-refractivity contribution in [2.24, 2.45) is 0 Å². The Balaban J connectivity index is 1.91. The number of ether oxygens (including phenoxy) is 2. The van der Waals surface area contributed by atoms with Crippen molar-refractivity contribution in [3.05, 3.63) is 49.0 Å². The molecule has 0 amide bonds. The standard InChI is InChI=1S/C15H16BrNO4S/c1-10-9-22-15(19)17(10)6-5-14(18)21-8-11-7-12(16)3-4-13(11)20-2/h3-4,7,9H,5-6,8H2,1-2H3. The molecule has 2 rings (SSSR count). The average Bonchev–Trinajstić information content (AvgIpc) is 2.82. The van der Waals surface area contributed by atoms with Crippen molar-refractivity contribution in [2.45, 2.75) is 26.5 Å². The third-order valence-corrected chi connectivity index (χ3v) is 4.52. The second kappa shape index (κ2) is 7.60. The summed E-state index contributed by atoms with van der Waals surface area (Å²) in [7, 11) is 1.57. The Morgan fingerprint density at radius 3 is 2.82 bits per heavy atom. The van der Waals surface area contributed by atoms with Crippen molar-refractivity contribution in [3.8, 4) is 5.75 Å². The van der Waals surface area contributed by atoms with E-state index in [9.17, 15) is 9.59 Å². The summed E-state index contributed by atoms with van der Waals surface area (Å²) < 4.78 is 12.9. The first-order chi connectivity index (χ1) is 10.5. The van der Waals surface area contributed by atoms with E-state index in [1.54, 1.807) is 17.1 Å². The van der Waals surface area contributed by atoms with Gasteiger partial charge in [0.15, 0.2) is 0 Å². The summed E-state index contributed by atoms with van der Waals surface area (Å²) in [6.07, 6.45) is 0.161. The molecule has 0 atom stereocenters. The number of methoxy groups -OCH3 is 1. The molecule has 0 spiro atoms. The van der Waals surface area contributed by atoms with Crippen LogP contribution >= 0.6 is 27.3 Å². The highest BCUT2D eigenvalue weighted by molar-refractivity contribution is 9.10. The van der Waals surface area contributed by atoms with Crippen LogP contribution in [0.4, 0.5) is 0 Å². The fourth-order valence-electron chi connectivity index (χ4n) is 1.97. The zero-order chi connectivity index (χ0) is 16.1. The number of halogens is 1. The molecule has 0 bridgehead atoms. The first-order valence-electron chi connectivity index (χ1n) is 6.64. The number of aromatic nitrogens is 1. The minimum absolute atomic E-state index is 0.0565. The summed E-state index contributed by atoms with van der Waals surface area (Å²) in [4.78, 5) is 23.3. The Morgan fingerprint density at radius 2 is 2.18 bits per heavy atom. The van der Waals surface area contributed by atoms with E-state index in [1.807, 2.05) is 25.1 Å². The number of esters is 1. The number of hydrogen-bond acceptors (Lipinski definition) is 5. The molecule has 22 heavy (non-hydrogen) atoms. The highest BCUT2D eigenvalue weighted by atomic mass is 79.9. The summed E-state index contributed by atoms with van der Waals surface area (Å²) in [5.41, 5.74) is 1.64. The Hall–Kier alpha value is -1.60. The lowest BCUT2D eigenvalue weighted by Crippen LogP contribution is -2.18. The number of aryl methyl sites for hydroxylation is 1. The van der Waals surface area contributed by atoms with Crippen LogP contribution in [0.2, 0.25) is 0 Å². The Kier molecular flexibility index (Phi) is 5.79. The molecule has 0 saturated heterocycles. The van der Waals surface area contributed by atoms with Gasteiger partial charge >= 0.3 is 10.8 Å². The fourth-order valence-corrected chi connectivity index (χ4v) is 3.14. The number of carbonyl (C=O) groups excluding carboxylic acids is 1. The third-order valence-electron chi connectivity index (χ3n) is 3.15. The molecule has 2 aromatic rings. The summed E-state index contributed by atoms with van der Waals surface area (Å²) in [5.74, 6) is 0.320. The number of nitrogens with zero attached hydrogens (tertiary/aromatic N) is 1. The second-order valence-corrected chi connectivity index (χ2v) is 6.40. The first kappa shape index (κ1) is 16.8. The van der Waals surface area contributed by atoms with Crippen molar-refractivity contribution in [1.29, 1.82) is 0 Å². The van der Waals surface area contributed by atoms with Crippen molar-refractivity contribution >= 4 is 33.2 Å². The van der Waals surface area contributed by atoms with E-state index in [2.05, 4.69) is 15.9 Å². The van der Waals surface area contributed by atoms with Gasteiger partial charge in [0.05, 0.1) is 13.5 Å². The normalized spacial score (nSPS) is 10.5. The molecule has 118 valence electrons. The largest absolute Gasteiger partial charge is 0.496 e. The van der Waals surface area contributed by atoms with Gasteiger partial charge in [0.25, 0.3) is 0 Å². The number of thiazole rings is 1. The number of carbonyl (C=O) groups is 1. The molecule has 0 N–H and O–H groups in total. The van der Waals surface area contributed by atoms with Gasteiger partial charge in [0, 0.05) is 27.7 Å². The minimum Gasteiger partial charge on any atom is -0.496 e. The third kappa shape index (κ3) is 4.20. The zero-order valence-electron chi connectivity index (χ0n) is 12.3. The topological polar surface area (TPSA) is 57.5 Å². The van der Waals surface area contributed by atoms with Gasteiger partial charge in [-0.1, -0.05) is 27.3 Å². The maximum atomic E-state index is 11.8. The van der Waals surface area contributed by atoms with Crippen molar-refractivity contribution in [3.63, 3.8) is 0 Å². The van der Waals surface area contributed by atoms with Crippen LogP contribution in [0.1, 0.15) is 17.7 Å². The smallest absolute Gasteiger partial charge is 0.307 e. The maximum Gasteiger partial charge on any atom is 0.307 e. The highest BCUT2D eigenvalue weighted by Crippen LogP contribution is 2.23. The van der Waals surface area contributed by atoms with E-state index in [4.69, 9.17) is 9.47 Å². The number of hydrogen-bond donors (Lipinski definition) is 0. The van der Waals surface area contributed by atoms with Gasteiger partial charge in [0.2, 0.25) is 0 Å². The molecule has 0 saturated carbocycles. The summed E-state index contributed by atoms with van der Waals surface area (Å²) in [6.45, 7) is 2.32. The fraction of sp³-hybridized carbons (Fsp3) is 0.333. The van der Waals surface area contributed by atoms with Crippen LogP contribution in [0.15, 0.2) is 32.8 Å². The van der Waals surface area contributed by atoms with Crippen LogP contribution in [0.5, 0.6) is 5.75 Å². The van der Waals surface area contributed by atoms with Crippen molar-refractivity contribution < 1.29 is 14.3 Å². The quantitative estimate of drug-likeness (QED) is 0.716. The van der Waals surface area contributed by atoms with Gasteiger partial charge < -0.3 is 14.0 Å². The van der Waals surface area contributed by atoms with Gasteiger partial charge in [-0.05, 0) is 25.1 Å². The van der Waals surface area contributed by atoms with Gasteiger partial charge in [-0.2, -0.15) is 0 Å². The molecule has 0 fully saturated rings. The molecule has 0 aliphatic carbocycles. The molecule has 0 unspecified atom stereocenters. The Morgan fingerprint density at radius 1 is 1.41 bits per heavy atom. The van der Waals surface area contributed by atoms with E-state index in [0.29, 0.717) is 12.3 Å². The van der Waals surface area contributed by atoms with Gasteiger partial charge in [0.1, 0.15) is 12.4 Å². The lowest BCUT2D eigenvalue weighted by molar-refractivity contribution is -0.145. The molecular weight excluding hydrogens is 370 g/mol. The molecule has 1 aromatic carbocycles. The van der Waals surface area contributed by atoms with Crippen LogP contribution in [0.3, 0.4) is 0 Å². The predicted molar refractivity (Wildman–Crippen MR) is 88.4 cm³/mol. The second-order valence-electron chi connectivity index (χ2n) is 4.66. The average molecular weight is 386 g/mol. The predicted octanol–water partition coefficient (Wildman–Crippen LogP) is 3.12. The number of rotatable bonds is 6. The van der Waals surface area contributed by atoms with Gasteiger partial charge in [-0.15, -0.1) is 0 Å². The van der Waals surface area contributed by atoms with E-state index >= 15 is 0 Å². The molecule has 5 nitrogen and oxygen atoms in total. The minimum atomic E-state index is -0.348. The van der Waals surface area contributed by atoms with Gasteiger partial charge in [-0.25, -0.2) is 0 Å². The van der Waals surface area contributed by atoms with E-state index in [-0.39, 0.29) is 23.9 Å². The molecule has 0 radical (unpaired) electrons. The van der Waals surface area contributed by atoms with Crippen LogP contribution in [-0.4, -0.2) is 17.6 Å². The Bertz CT molecular complexity index is 723. The summed E-state index contributed by atoms with van der Waals surface area (Å²) >= 11 is 4.51. The molecule has 0 aliphatic rings. The molecule has 7 heteroatoms. The maximum absolute atomic E-state index is 11.8. The molecule has 1 aromatic heterocycles. The number of benzene rings is 1. The lowest BCUT2D eigenvalue weighted by Gasteiger charge is -2.10. The van der Waals surface area contributed by atoms with Crippen molar-refractivity contribution in [2.75, 3.05) is 7.11 Å². The monoisotopic (exact) mass is 385 g/mol. The highest BCUT2D eigenvalue weighted by Gasteiger charge is 2.10. The van der Waals surface area contributed by atoms with E-state index in [0.717, 1.165) is 27.1 Å². The van der Waals surface area contributed by atoms with Crippen LogP contribution in [0, 0.1) is 6.92 Å². The van der Waals surface area contributed by atoms with Crippen LogP contribution in [0.25, 0.3) is 0 Å². The zero-order valence-corrected chi connectivity index (χ0v) is 14.7. The lowest BCUT2D eigenvalue weighted by atomic mass is 10.2. The Labute approximate surface area is 140 Å². The molecule has 0 aliphatic heterocycles. The van der Waals surface area contributed by atoms with E-state index < -0.39 is 0 Å². The van der Waals surface area contributed by atoms with Crippen LogP contribution < -0.4 is 9.61 Å². The molecular formula is C15H16BrNO4S. The summed E-state index contributed by atoms with van der Waals surface area (Å²) in [5, 5.41) is 1.78. The summed E-state index contributed by atoms with van der Waals surface area (Å²) in [6, 6.07) is 5.51. The van der Waals surface area contributed by atoms with Crippen molar-refractivity contribution in [1.82, 2.24) is 4.57 Å². The van der Waals surface area contributed by atoms with E-state index in [1.165, 1.54) is 0 Å².